The minimum Gasteiger partial charge on any atom is -0.393 e. The van der Waals surface area contributed by atoms with Crippen molar-refractivity contribution in [2.24, 2.45) is 0 Å². The van der Waals surface area contributed by atoms with Crippen LogP contribution in [0.15, 0.2) is 30.3 Å². The van der Waals surface area contributed by atoms with Crippen molar-refractivity contribution in [3.63, 3.8) is 0 Å². The van der Waals surface area contributed by atoms with Crippen molar-refractivity contribution >= 4 is 11.6 Å². The van der Waals surface area contributed by atoms with Gasteiger partial charge in [0.05, 0.1) is 17.5 Å². The topological polar surface area (TPSA) is 50.1 Å². The van der Waals surface area contributed by atoms with Crippen LogP contribution in [0.4, 0.5) is 0 Å². The molecule has 1 fully saturated rings. The number of aromatic nitrogens is 2. The Bertz CT molecular complexity index is 618. The van der Waals surface area contributed by atoms with Gasteiger partial charge in [-0.3, -0.25) is 0 Å². The highest BCUT2D eigenvalue weighted by Crippen LogP contribution is 2.24. The lowest BCUT2D eigenvalue weighted by Crippen LogP contribution is -2.34. The number of rotatable bonds is 4. The molecule has 1 saturated carbocycles. The highest BCUT2D eigenvalue weighted by Gasteiger charge is 2.20. The fraction of sp³-hybridized carbons (Fsp3) is 0.471. The lowest BCUT2D eigenvalue weighted by Gasteiger charge is -2.26. The predicted molar refractivity (Wildman–Crippen MR) is 88.4 cm³/mol. The third-order valence-corrected chi connectivity index (χ3v) is 4.77. The maximum atomic E-state index is 9.57. The maximum Gasteiger partial charge on any atom is 0.137 e. The van der Waals surface area contributed by atoms with Crippen molar-refractivity contribution in [1.29, 1.82) is 0 Å². The number of halogens is 1. The quantitative estimate of drug-likeness (QED) is 0.909. The monoisotopic (exact) mass is 319 g/mol. The summed E-state index contributed by atoms with van der Waals surface area (Å²) in [5, 5.41) is 18.4. The molecule has 2 aromatic rings. The van der Waals surface area contributed by atoms with E-state index in [2.05, 4.69) is 10.4 Å². The number of aliphatic hydroxyl groups excluding tert-OH is 1. The number of nitrogens with zero attached hydrogens (tertiary/aromatic N) is 2. The summed E-state index contributed by atoms with van der Waals surface area (Å²) in [7, 11) is 0. The van der Waals surface area contributed by atoms with Crippen molar-refractivity contribution in [3.8, 4) is 5.69 Å². The molecular weight excluding hydrogens is 298 g/mol. The van der Waals surface area contributed by atoms with Crippen LogP contribution in [0.5, 0.6) is 0 Å². The van der Waals surface area contributed by atoms with Gasteiger partial charge in [-0.2, -0.15) is 5.10 Å². The molecule has 2 N–H and O–H groups in total. The van der Waals surface area contributed by atoms with Crippen LogP contribution in [-0.2, 0) is 6.54 Å². The molecule has 1 heterocycles. The molecule has 0 unspecified atom stereocenters. The van der Waals surface area contributed by atoms with E-state index in [0.29, 0.717) is 11.2 Å². The van der Waals surface area contributed by atoms with E-state index in [9.17, 15) is 5.11 Å². The van der Waals surface area contributed by atoms with E-state index in [-0.39, 0.29) is 6.10 Å². The Balaban J connectivity index is 1.71. The first-order valence-electron chi connectivity index (χ1n) is 7.86. The summed E-state index contributed by atoms with van der Waals surface area (Å²) in [4.78, 5) is 0. The van der Waals surface area contributed by atoms with Crippen molar-refractivity contribution in [2.75, 3.05) is 0 Å². The van der Waals surface area contributed by atoms with Crippen LogP contribution in [0.3, 0.4) is 0 Å². The van der Waals surface area contributed by atoms with Gasteiger partial charge in [-0.25, -0.2) is 4.68 Å². The minimum absolute atomic E-state index is 0.121. The fourth-order valence-electron chi connectivity index (χ4n) is 3.00. The zero-order valence-corrected chi connectivity index (χ0v) is 13.6. The zero-order valence-electron chi connectivity index (χ0n) is 12.8. The van der Waals surface area contributed by atoms with Crippen molar-refractivity contribution < 1.29 is 5.11 Å². The molecule has 1 aromatic heterocycles. The molecule has 0 saturated heterocycles. The van der Waals surface area contributed by atoms with Gasteiger partial charge in [-0.15, -0.1) is 0 Å². The molecule has 1 aliphatic carbocycles. The van der Waals surface area contributed by atoms with Crippen molar-refractivity contribution in [1.82, 2.24) is 15.1 Å². The molecule has 4 nitrogen and oxygen atoms in total. The number of benzene rings is 1. The van der Waals surface area contributed by atoms with Gasteiger partial charge < -0.3 is 10.4 Å². The molecule has 0 amide bonds. The SMILES string of the molecule is Cc1nn(-c2ccccc2)c(Cl)c1CNC1CCC(O)CC1. The zero-order chi connectivity index (χ0) is 15.5. The second kappa shape index (κ2) is 6.82. The lowest BCUT2D eigenvalue weighted by atomic mass is 9.93. The standard InChI is InChI=1S/C17H22ClN3O/c1-12-16(11-19-13-7-9-15(22)10-8-13)17(18)21(20-12)14-5-3-2-4-6-14/h2-6,13,15,19,22H,7-11H2,1H3. The van der Waals surface area contributed by atoms with E-state index in [1.54, 1.807) is 4.68 Å². The van der Waals surface area contributed by atoms with Gasteiger partial charge >= 0.3 is 0 Å². The third-order valence-electron chi connectivity index (χ3n) is 4.39. The van der Waals surface area contributed by atoms with Crippen LogP contribution in [0.25, 0.3) is 5.69 Å². The van der Waals surface area contributed by atoms with E-state index in [0.717, 1.165) is 49.2 Å². The Morgan fingerprint density at radius 1 is 1.23 bits per heavy atom. The first-order valence-corrected chi connectivity index (χ1v) is 8.24. The number of para-hydroxylation sites is 1. The highest BCUT2D eigenvalue weighted by molar-refractivity contribution is 6.30. The lowest BCUT2D eigenvalue weighted by molar-refractivity contribution is 0.116. The Morgan fingerprint density at radius 3 is 2.59 bits per heavy atom. The summed E-state index contributed by atoms with van der Waals surface area (Å²) in [5.74, 6) is 0. The van der Waals surface area contributed by atoms with Gasteiger partial charge in [-0.05, 0) is 44.7 Å². The van der Waals surface area contributed by atoms with E-state index in [1.807, 2.05) is 37.3 Å². The minimum atomic E-state index is -0.121. The van der Waals surface area contributed by atoms with E-state index in [1.165, 1.54) is 0 Å². The molecule has 5 heteroatoms. The van der Waals surface area contributed by atoms with Crippen LogP contribution in [0.1, 0.15) is 36.9 Å². The Hall–Kier alpha value is -1.36. The predicted octanol–water partition coefficient (Wildman–Crippen LogP) is 3.23. The van der Waals surface area contributed by atoms with Gasteiger partial charge in [0.1, 0.15) is 5.15 Å². The molecule has 1 aliphatic rings. The molecule has 3 rings (SSSR count). The Morgan fingerprint density at radius 2 is 1.91 bits per heavy atom. The van der Waals surface area contributed by atoms with Crippen LogP contribution >= 0.6 is 11.6 Å². The number of hydrogen-bond donors (Lipinski definition) is 2. The largest absolute Gasteiger partial charge is 0.393 e. The normalized spacial score (nSPS) is 22.0. The molecule has 0 radical (unpaired) electrons. The summed E-state index contributed by atoms with van der Waals surface area (Å²) in [6.45, 7) is 2.71. The van der Waals surface area contributed by atoms with Gasteiger partial charge in [0.15, 0.2) is 0 Å². The fourth-order valence-corrected chi connectivity index (χ4v) is 3.34. The first kappa shape index (κ1) is 15.5. The van der Waals surface area contributed by atoms with Crippen LogP contribution in [0, 0.1) is 6.92 Å². The molecule has 118 valence electrons. The smallest absolute Gasteiger partial charge is 0.137 e. The molecule has 0 spiro atoms. The molecule has 0 atom stereocenters. The molecular formula is C17H22ClN3O. The number of aryl methyl sites for hydroxylation is 1. The van der Waals surface area contributed by atoms with Crippen LogP contribution in [0.2, 0.25) is 5.15 Å². The number of nitrogens with one attached hydrogen (secondary N) is 1. The van der Waals surface area contributed by atoms with Gasteiger partial charge in [0, 0.05) is 18.2 Å². The van der Waals surface area contributed by atoms with Gasteiger partial charge in [0.25, 0.3) is 0 Å². The second-order valence-electron chi connectivity index (χ2n) is 5.99. The molecule has 1 aromatic carbocycles. The van der Waals surface area contributed by atoms with Crippen LogP contribution in [-0.4, -0.2) is 27.0 Å². The van der Waals surface area contributed by atoms with E-state index < -0.39 is 0 Å². The molecule has 0 aliphatic heterocycles. The number of hydrogen-bond acceptors (Lipinski definition) is 3. The average Bonchev–Trinajstić information content (AvgIpc) is 2.82. The average molecular weight is 320 g/mol. The molecule has 0 bridgehead atoms. The van der Waals surface area contributed by atoms with Gasteiger partial charge in [-0.1, -0.05) is 29.8 Å². The summed E-state index contributed by atoms with van der Waals surface area (Å²) in [6, 6.07) is 10.4. The summed E-state index contributed by atoms with van der Waals surface area (Å²) >= 11 is 6.53. The van der Waals surface area contributed by atoms with Crippen molar-refractivity contribution in [2.45, 2.75) is 51.3 Å². The molecule has 22 heavy (non-hydrogen) atoms. The Labute approximate surface area is 136 Å². The summed E-state index contributed by atoms with van der Waals surface area (Å²) in [5.41, 5.74) is 2.98. The van der Waals surface area contributed by atoms with E-state index in [4.69, 9.17) is 11.6 Å². The van der Waals surface area contributed by atoms with Crippen molar-refractivity contribution in [3.05, 3.63) is 46.7 Å². The number of aliphatic hydroxyl groups is 1. The van der Waals surface area contributed by atoms with Crippen LogP contribution < -0.4 is 5.32 Å². The van der Waals surface area contributed by atoms with Gasteiger partial charge in [0.2, 0.25) is 0 Å². The highest BCUT2D eigenvalue weighted by atomic mass is 35.5. The summed E-state index contributed by atoms with van der Waals surface area (Å²) in [6.07, 6.45) is 3.68. The maximum absolute atomic E-state index is 9.57. The Kier molecular flexibility index (Phi) is 4.81. The second-order valence-corrected chi connectivity index (χ2v) is 6.35. The van der Waals surface area contributed by atoms with E-state index >= 15 is 0 Å². The summed E-state index contributed by atoms with van der Waals surface area (Å²) < 4.78 is 1.79. The third kappa shape index (κ3) is 3.35. The first-order chi connectivity index (χ1) is 10.6.